The van der Waals surface area contributed by atoms with Gasteiger partial charge in [0.15, 0.2) is 9.58 Å². The van der Waals surface area contributed by atoms with E-state index >= 15 is 0 Å². The summed E-state index contributed by atoms with van der Waals surface area (Å²) in [6.45, 7) is 1.97. The van der Waals surface area contributed by atoms with Gasteiger partial charge in [0.2, 0.25) is 0 Å². The number of rotatable bonds is 2. The minimum Gasteiger partial charge on any atom is -1.00 e. The van der Waals surface area contributed by atoms with Crippen LogP contribution in [0.2, 0.25) is 0 Å². The number of thiophene rings is 1. The Morgan fingerprint density at radius 2 is 1.64 bits per heavy atom. The van der Waals surface area contributed by atoms with Crippen molar-refractivity contribution in [3.8, 4) is 10.4 Å². The van der Waals surface area contributed by atoms with Gasteiger partial charge in [-0.15, -0.1) is 13.2 Å². The summed E-state index contributed by atoms with van der Waals surface area (Å²) in [5.74, 6) is 0. The van der Waals surface area contributed by atoms with E-state index in [1.807, 2.05) is 19.1 Å². The van der Waals surface area contributed by atoms with Crippen LogP contribution in [-0.2, 0) is 11.9 Å². The fourth-order valence-corrected chi connectivity index (χ4v) is 4.57. The van der Waals surface area contributed by atoms with Crippen molar-refractivity contribution >= 4 is 20.6 Å². The van der Waals surface area contributed by atoms with E-state index in [0.29, 0.717) is 15.1 Å². The number of aryl methyl sites for hydroxylation is 1. The maximum Gasteiger partial charge on any atom is 0.601 e. The van der Waals surface area contributed by atoms with E-state index in [0.717, 1.165) is 17.4 Å². The zero-order chi connectivity index (χ0) is 15.0. The highest BCUT2D eigenvalue weighted by Gasteiger charge is 2.48. The molecule has 3 aromatic rings. The van der Waals surface area contributed by atoms with Crippen LogP contribution in [0.5, 0.6) is 0 Å². The van der Waals surface area contributed by atoms with Gasteiger partial charge < -0.3 is 17.0 Å². The SMILES string of the molecule is CCc1cccc2c1cc(-c1ccccc1)[s+]2C(F)(F)F.[Br-]. The van der Waals surface area contributed by atoms with Gasteiger partial charge in [-0.2, -0.15) is 0 Å². The van der Waals surface area contributed by atoms with Crippen LogP contribution in [0.3, 0.4) is 0 Å². The van der Waals surface area contributed by atoms with Crippen molar-refractivity contribution < 1.29 is 30.2 Å². The lowest BCUT2D eigenvalue weighted by Crippen LogP contribution is -3.00. The first-order valence-electron chi connectivity index (χ1n) is 6.72. The van der Waals surface area contributed by atoms with Crippen molar-refractivity contribution in [2.24, 2.45) is 0 Å². The third-order valence-corrected chi connectivity index (χ3v) is 5.59. The van der Waals surface area contributed by atoms with Crippen LogP contribution >= 0.6 is 10.5 Å². The van der Waals surface area contributed by atoms with Crippen molar-refractivity contribution in [1.82, 2.24) is 0 Å². The van der Waals surface area contributed by atoms with Gasteiger partial charge in [-0.05, 0) is 30.2 Å². The fourth-order valence-electron chi connectivity index (χ4n) is 2.60. The number of alkyl halides is 3. The molecule has 0 spiro atoms. The molecule has 0 N–H and O–H groups in total. The first-order chi connectivity index (χ1) is 10.0. The van der Waals surface area contributed by atoms with Crippen LogP contribution < -0.4 is 17.0 Å². The molecule has 0 saturated carbocycles. The molecule has 1 atom stereocenters. The Balaban J connectivity index is 0.00000176. The minimum absolute atomic E-state index is 0. The van der Waals surface area contributed by atoms with Crippen LogP contribution in [0.4, 0.5) is 13.2 Å². The molecular weight excluding hydrogens is 373 g/mol. The van der Waals surface area contributed by atoms with Crippen molar-refractivity contribution in [3.63, 3.8) is 0 Å². The van der Waals surface area contributed by atoms with Gasteiger partial charge in [-0.25, -0.2) is 0 Å². The second-order valence-corrected chi connectivity index (χ2v) is 6.76. The highest BCUT2D eigenvalue weighted by Crippen LogP contribution is 2.54. The van der Waals surface area contributed by atoms with E-state index in [1.165, 1.54) is 0 Å². The zero-order valence-corrected chi connectivity index (χ0v) is 14.2. The number of hydrogen-bond acceptors (Lipinski definition) is 0. The first kappa shape index (κ1) is 17.0. The molecule has 0 aliphatic rings. The molecule has 1 unspecified atom stereocenters. The summed E-state index contributed by atoms with van der Waals surface area (Å²) in [7, 11) is -1.86. The molecule has 1 aromatic heterocycles. The third-order valence-electron chi connectivity index (χ3n) is 3.54. The zero-order valence-electron chi connectivity index (χ0n) is 11.8. The largest absolute Gasteiger partial charge is 1.00 e. The Morgan fingerprint density at radius 1 is 0.955 bits per heavy atom. The lowest BCUT2D eigenvalue weighted by Gasteiger charge is -2.00. The lowest BCUT2D eigenvalue weighted by atomic mass is 10.1. The number of halogens is 4. The summed E-state index contributed by atoms with van der Waals surface area (Å²) in [5.41, 5.74) is -2.63. The third kappa shape index (κ3) is 2.92. The first-order valence-corrected chi connectivity index (χ1v) is 7.95. The number of fused-ring (bicyclic) bond motifs is 1. The Morgan fingerprint density at radius 3 is 2.23 bits per heavy atom. The quantitative estimate of drug-likeness (QED) is 0.592. The van der Waals surface area contributed by atoms with Gasteiger partial charge in [-0.1, -0.05) is 37.3 Å². The predicted octanol–water partition coefficient (Wildman–Crippen LogP) is 3.30. The molecule has 0 aliphatic carbocycles. The molecule has 3 rings (SSSR count). The summed E-state index contributed by atoms with van der Waals surface area (Å²) >= 11 is 0. The smallest absolute Gasteiger partial charge is 0.601 e. The molecule has 0 radical (unpaired) electrons. The second-order valence-electron chi connectivity index (χ2n) is 4.81. The average molecular weight is 387 g/mol. The lowest BCUT2D eigenvalue weighted by molar-refractivity contribution is -0.0864. The van der Waals surface area contributed by atoms with Gasteiger partial charge in [-0.3, -0.25) is 0 Å². The van der Waals surface area contributed by atoms with Crippen LogP contribution in [-0.4, -0.2) is 0 Å². The molecule has 0 saturated heterocycles. The number of benzene rings is 2. The van der Waals surface area contributed by atoms with Crippen LogP contribution in [0, 0.1) is 0 Å². The predicted molar refractivity (Wildman–Crippen MR) is 82.5 cm³/mol. The van der Waals surface area contributed by atoms with E-state index in [4.69, 9.17) is 0 Å². The van der Waals surface area contributed by atoms with Gasteiger partial charge in [0.1, 0.15) is 10.5 Å². The summed E-state index contributed by atoms with van der Waals surface area (Å²) in [6.07, 6.45) is 0.733. The minimum atomic E-state index is -4.25. The van der Waals surface area contributed by atoms with Crippen LogP contribution in [0.15, 0.2) is 54.6 Å². The summed E-state index contributed by atoms with van der Waals surface area (Å²) < 4.78 is 41.2. The van der Waals surface area contributed by atoms with Crippen molar-refractivity contribution in [1.29, 1.82) is 0 Å². The monoisotopic (exact) mass is 386 g/mol. The summed E-state index contributed by atoms with van der Waals surface area (Å²) in [4.78, 5) is 0.374. The van der Waals surface area contributed by atoms with Crippen LogP contribution in [0.1, 0.15) is 12.5 Å². The molecule has 116 valence electrons. The topological polar surface area (TPSA) is 0 Å². The van der Waals surface area contributed by atoms with E-state index in [-0.39, 0.29) is 17.0 Å². The molecule has 1 heterocycles. The average Bonchev–Trinajstić information content (AvgIpc) is 2.87. The van der Waals surface area contributed by atoms with Crippen molar-refractivity contribution in [2.75, 3.05) is 0 Å². The molecule has 22 heavy (non-hydrogen) atoms. The Kier molecular flexibility index (Phi) is 4.97. The Labute approximate surface area is 140 Å². The Bertz CT molecular complexity index is 776. The molecule has 2 aromatic carbocycles. The molecule has 0 amide bonds. The Hall–Kier alpha value is -1.33. The van der Waals surface area contributed by atoms with Gasteiger partial charge in [0.25, 0.3) is 0 Å². The van der Waals surface area contributed by atoms with E-state index < -0.39 is 16.0 Å². The molecule has 0 aliphatic heterocycles. The fraction of sp³-hybridized carbons (Fsp3) is 0.176. The summed E-state index contributed by atoms with van der Waals surface area (Å²) in [6, 6.07) is 15.8. The van der Waals surface area contributed by atoms with Gasteiger partial charge >= 0.3 is 5.51 Å². The number of hydrogen-bond donors (Lipinski definition) is 0. The molecule has 0 fully saturated rings. The highest BCUT2D eigenvalue weighted by molar-refractivity contribution is 7.41. The maximum absolute atomic E-state index is 13.6. The molecular formula is C17H14BrF3S. The summed E-state index contributed by atoms with van der Waals surface area (Å²) in [5, 5.41) is 0.750. The van der Waals surface area contributed by atoms with Crippen molar-refractivity contribution in [2.45, 2.75) is 18.9 Å². The molecule has 0 bridgehead atoms. The highest BCUT2D eigenvalue weighted by atomic mass is 79.9. The molecule has 0 nitrogen and oxygen atoms in total. The molecule has 5 heteroatoms. The standard InChI is InChI=1S/C17H14F3S.BrH/c1-2-12-9-6-10-15-14(12)11-16(21(15)17(18,19)20)13-7-4-3-5-8-13;/h3-11H,2H2,1H3;1H/q+1;/p-1. The second kappa shape index (κ2) is 6.42. The maximum atomic E-state index is 13.6. The van der Waals surface area contributed by atoms with E-state index in [9.17, 15) is 13.2 Å². The van der Waals surface area contributed by atoms with E-state index in [2.05, 4.69) is 0 Å². The van der Waals surface area contributed by atoms with Crippen molar-refractivity contribution in [3.05, 3.63) is 60.2 Å². The normalized spacial score (nSPS) is 12.3. The van der Waals surface area contributed by atoms with E-state index in [1.54, 1.807) is 42.5 Å². The van der Waals surface area contributed by atoms with Gasteiger partial charge in [0.05, 0.1) is 0 Å². The van der Waals surface area contributed by atoms with Gasteiger partial charge in [0, 0.05) is 17.0 Å². The van der Waals surface area contributed by atoms with Crippen LogP contribution in [0.25, 0.3) is 20.5 Å².